The number of phenols is 2. The van der Waals surface area contributed by atoms with Gasteiger partial charge in [0.25, 0.3) is 0 Å². The van der Waals surface area contributed by atoms with Crippen molar-refractivity contribution in [2.45, 2.75) is 20.3 Å². The number of aryl methyl sites for hydroxylation is 2. The van der Waals surface area contributed by atoms with E-state index >= 15 is 0 Å². The van der Waals surface area contributed by atoms with E-state index in [-0.39, 0.29) is 11.5 Å². The topological polar surface area (TPSA) is 89.9 Å². The Labute approximate surface area is 192 Å². The van der Waals surface area contributed by atoms with Crippen molar-refractivity contribution >= 4 is 22.7 Å². The lowest BCUT2D eigenvalue weighted by molar-refractivity contribution is 0.470. The molecule has 0 saturated carbocycles. The summed E-state index contributed by atoms with van der Waals surface area (Å²) in [6.45, 7) is 3.66. The third-order valence-corrected chi connectivity index (χ3v) is 5.20. The molecule has 164 valence electrons. The highest BCUT2D eigenvalue weighted by Crippen LogP contribution is 2.26. The molecule has 0 bridgehead atoms. The summed E-state index contributed by atoms with van der Waals surface area (Å²) in [5, 5.41) is 36.2. The minimum Gasteiger partial charge on any atom is -0.508 e. The number of benzene rings is 4. The first-order chi connectivity index (χ1) is 16.0. The molecule has 4 aromatic rings. The van der Waals surface area contributed by atoms with Crippen molar-refractivity contribution < 1.29 is 10.2 Å². The summed E-state index contributed by atoms with van der Waals surface area (Å²) in [5.41, 5.74) is 6.81. The number of rotatable bonds is 6. The van der Waals surface area contributed by atoms with Crippen LogP contribution in [0.4, 0.5) is 22.7 Å². The Morgan fingerprint density at radius 3 is 1.18 bits per heavy atom. The zero-order valence-corrected chi connectivity index (χ0v) is 18.5. The van der Waals surface area contributed by atoms with Gasteiger partial charge in [0.15, 0.2) is 0 Å². The van der Waals surface area contributed by atoms with Gasteiger partial charge in [-0.15, -0.1) is 0 Å². The van der Waals surface area contributed by atoms with Crippen LogP contribution in [-0.2, 0) is 6.42 Å². The molecule has 33 heavy (non-hydrogen) atoms. The molecule has 6 heteroatoms. The summed E-state index contributed by atoms with van der Waals surface area (Å²) in [4.78, 5) is 0. The smallest absolute Gasteiger partial charge is 0.118 e. The SMILES string of the molecule is Cc1cc(/N=N/c2ccc(Cc3ccc(/N=N/c4ccc(O)c(C)c4)cc3)cc2)ccc1O. The summed E-state index contributed by atoms with van der Waals surface area (Å²) in [6, 6.07) is 26.2. The molecule has 0 heterocycles. The highest BCUT2D eigenvalue weighted by molar-refractivity contribution is 5.48. The number of hydrogen-bond acceptors (Lipinski definition) is 6. The minimum atomic E-state index is 0.252. The zero-order chi connectivity index (χ0) is 23.2. The largest absolute Gasteiger partial charge is 0.508 e. The van der Waals surface area contributed by atoms with Gasteiger partial charge >= 0.3 is 0 Å². The fourth-order valence-electron chi connectivity index (χ4n) is 3.23. The molecule has 0 aliphatic heterocycles. The van der Waals surface area contributed by atoms with Gasteiger partial charge in [-0.05, 0) is 103 Å². The third-order valence-electron chi connectivity index (χ3n) is 5.20. The van der Waals surface area contributed by atoms with Crippen LogP contribution in [0.1, 0.15) is 22.3 Å². The van der Waals surface area contributed by atoms with Crippen LogP contribution < -0.4 is 0 Å². The van der Waals surface area contributed by atoms with Crippen molar-refractivity contribution in [3.8, 4) is 11.5 Å². The molecule has 0 saturated heterocycles. The van der Waals surface area contributed by atoms with Crippen molar-refractivity contribution in [3.63, 3.8) is 0 Å². The van der Waals surface area contributed by atoms with Gasteiger partial charge in [0.1, 0.15) is 11.5 Å². The Balaban J connectivity index is 1.36. The summed E-state index contributed by atoms with van der Waals surface area (Å²) in [5.74, 6) is 0.503. The molecule has 0 radical (unpaired) electrons. The number of azo groups is 2. The van der Waals surface area contributed by atoms with Gasteiger partial charge in [-0.1, -0.05) is 24.3 Å². The molecular weight excluding hydrogens is 412 g/mol. The Bertz CT molecular complexity index is 1210. The summed E-state index contributed by atoms with van der Waals surface area (Å²) in [6.07, 6.45) is 0.795. The summed E-state index contributed by atoms with van der Waals surface area (Å²) < 4.78 is 0. The number of hydrogen-bond donors (Lipinski definition) is 2. The molecule has 0 aliphatic rings. The van der Waals surface area contributed by atoms with Crippen LogP contribution in [0.5, 0.6) is 11.5 Å². The van der Waals surface area contributed by atoms with Crippen molar-refractivity contribution in [1.29, 1.82) is 0 Å². The van der Waals surface area contributed by atoms with E-state index in [0.717, 1.165) is 28.9 Å². The first kappa shape index (κ1) is 21.9. The summed E-state index contributed by atoms with van der Waals surface area (Å²) in [7, 11) is 0. The Morgan fingerprint density at radius 2 is 0.818 bits per heavy atom. The second-order valence-corrected chi connectivity index (χ2v) is 7.85. The van der Waals surface area contributed by atoms with Crippen LogP contribution in [0.25, 0.3) is 0 Å². The quantitative estimate of drug-likeness (QED) is 0.299. The average Bonchev–Trinajstić information content (AvgIpc) is 2.82. The molecule has 0 aromatic heterocycles. The van der Waals surface area contributed by atoms with Crippen LogP contribution in [0.15, 0.2) is 105 Å². The monoisotopic (exact) mass is 436 g/mol. The molecule has 0 aliphatic carbocycles. The summed E-state index contributed by atoms with van der Waals surface area (Å²) >= 11 is 0. The molecule has 6 nitrogen and oxygen atoms in total. The third kappa shape index (κ3) is 5.89. The van der Waals surface area contributed by atoms with Crippen LogP contribution in [0.2, 0.25) is 0 Å². The predicted octanol–water partition coefficient (Wildman–Crippen LogP) is 8.14. The fraction of sp³-hybridized carbons (Fsp3) is 0.111. The van der Waals surface area contributed by atoms with E-state index in [9.17, 15) is 10.2 Å². The van der Waals surface area contributed by atoms with Gasteiger partial charge in [-0.25, -0.2) is 0 Å². The molecule has 0 atom stereocenters. The molecule has 0 unspecified atom stereocenters. The molecule has 4 rings (SSSR count). The van der Waals surface area contributed by atoms with E-state index in [1.54, 1.807) is 36.4 Å². The lowest BCUT2D eigenvalue weighted by atomic mass is 10.0. The molecule has 2 N–H and O–H groups in total. The maximum Gasteiger partial charge on any atom is 0.118 e. The maximum atomic E-state index is 9.60. The number of aromatic hydroxyl groups is 2. The Morgan fingerprint density at radius 1 is 0.485 bits per heavy atom. The molecule has 0 amide bonds. The first-order valence-corrected chi connectivity index (χ1v) is 10.6. The van der Waals surface area contributed by atoms with E-state index in [1.165, 1.54) is 11.1 Å². The van der Waals surface area contributed by atoms with Crippen molar-refractivity contribution in [3.05, 3.63) is 107 Å². The highest BCUT2D eigenvalue weighted by Gasteiger charge is 2.01. The normalized spacial score (nSPS) is 11.5. The van der Waals surface area contributed by atoms with Crippen LogP contribution in [0.3, 0.4) is 0 Å². The van der Waals surface area contributed by atoms with Gasteiger partial charge in [0.05, 0.1) is 22.7 Å². The van der Waals surface area contributed by atoms with Gasteiger partial charge in [0.2, 0.25) is 0 Å². The number of nitrogens with zero attached hydrogens (tertiary/aromatic N) is 4. The standard InChI is InChI=1S/C27H24N4O2/c1-18-15-24(11-13-26(18)32)30-28-22-7-3-20(4-8-22)17-21-5-9-23(10-6-21)29-31-25-12-14-27(33)19(2)16-25/h3-16,32-33H,17H2,1-2H3/b30-28+,31-29+. The zero-order valence-electron chi connectivity index (χ0n) is 18.5. The molecule has 0 spiro atoms. The van der Waals surface area contributed by atoms with Gasteiger partial charge in [-0.3, -0.25) is 0 Å². The van der Waals surface area contributed by atoms with Crippen molar-refractivity contribution in [2.75, 3.05) is 0 Å². The van der Waals surface area contributed by atoms with E-state index < -0.39 is 0 Å². The van der Waals surface area contributed by atoms with Crippen LogP contribution in [-0.4, -0.2) is 10.2 Å². The Hall–Kier alpha value is -4.32. The van der Waals surface area contributed by atoms with Crippen LogP contribution in [0, 0.1) is 13.8 Å². The predicted molar refractivity (Wildman–Crippen MR) is 130 cm³/mol. The minimum absolute atomic E-state index is 0.252. The first-order valence-electron chi connectivity index (χ1n) is 10.6. The van der Waals surface area contributed by atoms with E-state index in [1.807, 2.05) is 62.4 Å². The van der Waals surface area contributed by atoms with Gasteiger partial charge < -0.3 is 10.2 Å². The van der Waals surface area contributed by atoms with Crippen molar-refractivity contribution in [2.24, 2.45) is 20.5 Å². The van der Waals surface area contributed by atoms with Gasteiger partial charge in [0, 0.05) is 0 Å². The molecule has 4 aromatic carbocycles. The van der Waals surface area contributed by atoms with Crippen LogP contribution >= 0.6 is 0 Å². The highest BCUT2D eigenvalue weighted by atomic mass is 16.3. The lowest BCUT2D eigenvalue weighted by Crippen LogP contribution is -1.86. The Kier molecular flexibility index (Phi) is 6.55. The van der Waals surface area contributed by atoms with Gasteiger partial charge in [-0.2, -0.15) is 20.5 Å². The van der Waals surface area contributed by atoms with Crippen molar-refractivity contribution in [1.82, 2.24) is 0 Å². The second-order valence-electron chi connectivity index (χ2n) is 7.85. The average molecular weight is 437 g/mol. The number of phenolic OH excluding ortho intramolecular Hbond substituents is 2. The van der Waals surface area contributed by atoms with E-state index in [2.05, 4.69) is 20.5 Å². The second kappa shape index (κ2) is 9.87. The lowest BCUT2D eigenvalue weighted by Gasteiger charge is -2.03. The van der Waals surface area contributed by atoms with E-state index in [4.69, 9.17) is 0 Å². The maximum absolute atomic E-state index is 9.60. The fourth-order valence-corrected chi connectivity index (χ4v) is 3.23. The van der Waals surface area contributed by atoms with E-state index in [0.29, 0.717) is 11.4 Å². The molecular formula is C27H24N4O2. The molecule has 0 fully saturated rings.